The van der Waals surface area contributed by atoms with Crippen molar-refractivity contribution in [3.05, 3.63) is 0 Å². The van der Waals surface area contributed by atoms with E-state index in [0.717, 1.165) is 19.5 Å². The SMILES string of the molecule is CNCCCN(C)CC(=O)NC1(C)CCS(=O)(=O)C1. The van der Waals surface area contributed by atoms with Crippen molar-refractivity contribution >= 4 is 15.7 Å². The van der Waals surface area contributed by atoms with Gasteiger partial charge in [0.25, 0.3) is 0 Å². The third-order valence-electron chi connectivity index (χ3n) is 3.32. The minimum atomic E-state index is -2.98. The molecule has 0 aromatic heterocycles. The zero-order valence-electron chi connectivity index (χ0n) is 12.0. The Morgan fingerprint density at radius 1 is 1.42 bits per heavy atom. The lowest BCUT2D eigenvalue weighted by Gasteiger charge is -2.25. The Bertz CT molecular complexity index is 410. The van der Waals surface area contributed by atoms with Crippen LogP contribution in [0.15, 0.2) is 0 Å². The van der Waals surface area contributed by atoms with E-state index in [1.807, 2.05) is 19.0 Å². The Hall–Kier alpha value is -0.660. The van der Waals surface area contributed by atoms with E-state index in [1.54, 1.807) is 6.92 Å². The van der Waals surface area contributed by atoms with Crippen LogP contribution in [0.5, 0.6) is 0 Å². The number of hydrogen-bond donors (Lipinski definition) is 2. The first-order chi connectivity index (χ1) is 8.76. The van der Waals surface area contributed by atoms with E-state index < -0.39 is 15.4 Å². The molecular formula is C12H25N3O3S. The Labute approximate surface area is 115 Å². The molecule has 6 nitrogen and oxygen atoms in total. The van der Waals surface area contributed by atoms with Gasteiger partial charge in [-0.3, -0.25) is 9.69 Å². The number of likely N-dealkylation sites (N-methyl/N-ethyl adjacent to an activating group) is 1. The van der Waals surface area contributed by atoms with Crippen molar-refractivity contribution in [3.8, 4) is 0 Å². The lowest BCUT2D eigenvalue weighted by atomic mass is 10.0. The molecule has 1 fully saturated rings. The average Bonchev–Trinajstić information content (AvgIpc) is 2.52. The normalized spacial score (nSPS) is 25.7. The van der Waals surface area contributed by atoms with Crippen LogP contribution in [0.3, 0.4) is 0 Å². The predicted octanol–water partition coefficient (Wildman–Crippen LogP) is -0.779. The average molecular weight is 291 g/mol. The molecule has 112 valence electrons. The third-order valence-corrected chi connectivity index (χ3v) is 5.23. The Morgan fingerprint density at radius 3 is 2.63 bits per heavy atom. The summed E-state index contributed by atoms with van der Waals surface area (Å²) >= 11 is 0. The lowest BCUT2D eigenvalue weighted by Crippen LogP contribution is -2.50. The molecule has 0 bridgehead atoms. The van der Waals surface area contributed by atoms with Crippen LogP contribution in [-0.4, -0.2) is 70.0 Å². The quantitative estimate of drug-likeness (QED) is 0.602. The van der Waals surface area contributed by atoms with Gasteiger partial charge < -0.3 is 10.6 Å². The van der Waals surface area contributed by atoms with Crippen LogP contribution >= 0.6 is 0 Å². The number of amides is 1. The molecule has 1 heterocycles. The number of rotatable bonds is 7. The fourth-order valence-corrected chi connectivity index (χ4v) is 4.43. The minimum absolute atomic E-state index is 0.0508. The van der Waals surface area contributed by atoms with Gasteiger partial charge in [-0.05, 0) is 47.0 Å². The van der Waals surface area contributed by atoms with Gasteiger partial charge >= 0.3 is 0 Å². The first-order valence-corrected chi connectivity index (χ1v) is 8.43. The van der Waals surface area contributed by atoms with Crippen LogP contribution in [0, 0.1) is 0 Å². The predicted molar refractivity (Wildman–Crippen MR) is 75.9 cm³/mol. The largest absolute Gasteiger partial charge is 0.349 e. The third kappa shape index (κ3) is 5.88. The molecule has 1 aliphatic heterocycles. The summed E-state index contributed by atoms with van der Waals surface area (Å²) in [7, 11) is 0.807. The van der Waals surface area contributed by atoms with E-state index in [9.17, 15) is 13.2 Å². The minimum Gasteiger partial charge on any atom is -0.349 e. The molecule has 0 radical (unpaired) electrons. The molecule has 0 aromatic rings. The summed E-state index contributed by atoms with van der Waals surface area (Å²) in [4.78, 5) is 13.8. The molecule has 0 aliphatic carbocycles. The van der Waals surface area contributed by atoms with E-state index in [1.165, 1.54) is 0 Å². The number of carbonyl (C=O) groups is 1. The van der Waals surface area contributed by atoms with Gasteiger partial charge in [0.05, 0.1) is 23.6 Å². The van der Waals surface area contributed by atoms with Crippen LogP contribution in [0.2, 0.25) is 0 Å². The zero-order valence-corrected chi connectivity index (χ0v) is 12.8. The lowest BCUT2D eigenvalue weighted by molar-refractivity contribution is -0.123. The van der Waals surface area contributed by atoms with Crippen LogP contribution in [0.4, 0.5) is 0 Å². The summed E-state index contributed by atoms with van der Waals surface area (Å²) in [5.74, 6) is 0.114. The molecule has 1 rings (SSSR count). The summed E-state index contributed by atoms with van der Waals surface area (Å²) < 4.78 is 22.9. The van der Waals surface area contributed by atoms with Crippen LogP contribution in [-0.2, 0) is 14.6 Å². The van der Waals surface area contributed by atoms with Gasteiger partial charge in [-0.25, -0.2) is 8.42 Å². The van der Waals surface area contributed by atoms with Crippen LogP contribution in [0.1, 0.15) is 19.8 Å². The highest BCUT2D eigenvalue weighted by molar-refractivity contribution is 7.91. The van der Waals surface area contributed by atoms with Crippen molar-refractivity contribution in [2.45, 2.75) is 25.3 Å². The zero-order chi connectivity index (χ0) is 14.5. The molecule has 19 heavy (non-hydrogen) atoms. The van der Waals surface area contributed by atoms with E-state index in [-0.39, 0.29) is 17.4 Å². The summed E-state index contributed by atoms with van der Waals surface area (Å²) in [5.41, 5.74) is -0.596. The van der Waals surface area contributed by atoms with Crippen LogP contribution in [0.25, 0.3) is 0 Å². The van der Waals surface area contributed by atoms with Gasteiger partial charge in [0.2, 0.25) is 5.91 Å². The smallest absolute Gasteiger partial charge is 0.234 e. The molecule has 2 N–H and O–H groups in total. The molecular weight excluding hydrogens is 266 g/mol. The molecule has 0 aromatic carbocycles. The number of carbonyl (C=O) groups excluding carboxylic acids is 1. The molecule has 1 saturated heterocycles. The second kappa shape index (κ2) is 6.67. The van der Waals surface area contributed by atoms with Crippen molar-refractivity contribution < 1.29 is 13.2 Å². The van der Waals surface area contributed by atoms with E-state index >= 15 is 0 Å². The van der Waals surface area contributed by atoms with Crippen LogP contribution < -0.4 is 10.6 Å². The van der Waals surface area contributed by atoms with Gasteiger partial charge in [-0.2, -0.15) is 0 Å². The Kier molecular flexibility index (Phi) is 5.76. The highest BCUT2D eigenvalue weighted by atomic mass is 32.2. The first-order valence-electron chi connectivity index (χ1n) is 6.61. The number of hydrogen-bond acceptors (Lipinski definition) is 5. The number of nitrogens with one attached hydrogen (secondary N) is 2. The number of sulfone groups is 1. The molecule has 1 aliphatic rings. The fourth-order valence-electron chi connectivity index (χ4n) is 2.34. The van der Waals surface area contributed by atoms with Gasteiger partial charge in [0, 0.05) is 0 Å². The summed E-state index contributed by atoms with van der Waals surface area (Å²) in [6, 6.07) is 0. The first kappa shape index (κ1) is 16.4. The number of nitrogens with zero attached hydrogens (tertiary/aromatic N) is 1. The fraction of sp³-hybridized carbons (Fsp3) is 0.917. The molecule has 1 atom stereocenters. The van der Waals surface area contributed by atoms with E-state index in [4.69, 9.17) is 0 Å². The molecule has 1 amide bonds. The standard InChI is InChI=1S/C12H25N3O3S/c1-12(5-8-19(17,18)10-12)14-11(16)9-15(3)7-4-6-13-2/h13H,4-10H2,1-3H3,(H,14,16). The highest BCUT2D eigenvalue weighted by Crippen LogP contribution is 2.22. The molecule has 0 saturated carbocycles. The van der Waals surface area contributed by atoms with Crippen molar-refractivity contribution in [2.75, 3.05) is 45.2 Å². The van der Waals surface area contributed by atoms with Gasteiger partial charge in [0.15, 0.2) is 9.84 Å². The maximum Gasteiger partial charge on any atom is 0.234 e. The van der Waals surface area contributed by atoms with Crippen molar-refractivity contribution in [1.82, 2.24) is 15.5 Å². The maximum atomic E-state index is 11.9. The van der Waals surface area contributed by atoms with Crippen molar-refractivity contribution in [3.63, 3.8) is 0 Å². The summed E-state index contributed by atoms with van der Waals surface area (Å²) in [5, 5.41) is 5.91. The molecule has 0 spiro atoms. The second-order valence-corrected chi connectivity index (χ2v) is 7.83. The van der Waals surface area contributed by atoms with Gasteiger partial charge in [-0.15, -0.1) is 0 Å². The van der Waals surface area contributed by atoms with Crippen molar-refractivity contribution in [1.29, 1.82) is 0 Å². The van der Waals surface area contributed by atoms with E-state index in [2.05, 4.69) is 10.6 Å². The second-order valence-electron chi connectivity index (χ2n) is 5.65. The summed E-state index contributed by atoms with van der Waals surface area (Å²) in [6.45, 7) is 3.86. The van der Waals surface area contributed by atoms with Gasteiger partial charge in [0.1, 0.15) is 0 Å². The Morgan fingerprint density at radius 2 is 2.11 bits per heavy atom. The van der Waals surface area contributed by atoms with Gasteiger partial charge in [-0.1, -0.05) is 0 Å². The highest BCUT2D eigenvalue weighted by Gasteiger charge is 2.39. The summed E-state index contributed by atoms with van der Waals surface area (Å²) in [6.07, 6.45) is 1.48. The van der Waals surface area contributed by atoms with Crippen molar-refractivity contribution in [2.24, 2.45) is 0 Å². The molecule has 1 unspecified atom stereocenters. The Balaban J connectivity index is 2.35. The monoisotopic (exact) mass is 291 g/mol. The maximum absolute atomic E-state index is 11.9. The van der Waals surface area contributed by atoms with E-state index in [0.29, 0.717) is 13.0 Å². The topological polar surface area (TPSA) is 78.5 Å². The molecule has 7 heteroatoms.